The molecule has 0 aliphatic rings. The molecule has 2 N–H and O–H groups in total. The van der Waals surface area contributed by atoms with Crippen LogP contribution in [0.5, 0.6) is 0 Å². The topological polar surface area (TPSA) is 70.7 Å². The van der Waals surface area contributed by atoms with Crippen molar-refractivity contribution in [1.82, 2.24) is 20.5 Å². The maximum Gasteiger partial charge on any atom is 0.254 e. The van der Waals surface area contributed by atoms with Crippen LogP contribution < -0.4 is 5.32 Å². The Morgan fingerprint density at radius 2 is 2.50 bits per heavy atom. The van der Waals surface area contributed by atoms with Crippen LogP contribution in [0.15, 0.2) is 24.1 Å². The summed E-state index contributed by atoms with van der Waals surface area (Å²) in [6.45, 7) is 0.509. The van der Waals surface area contributed by atoms with Gasteiger partial charge in [0.25, 0.3) is 5.91 Å². The predicted molar refractivity (Wildman–Crippen MR) is 51.9 cm³/mol. The maximum atomic E-state index is 11.4. The van der Waals surface area contributed by atoms with E-state index in [2.05, 4.69) is 20.5 Å². The Kier molecular flexibility index (Phi) is 2.55. The van der Waals surface area contributed by atoms with Crippen molar-refractivity contribution < 1.29 is 4.79 Å². The second-order valence-electron chi connectivity index (χ2n) is 2.64. The van der Waals surface area contributed by atoms with Crippen molar-refractivity contribution in [2.24, 2.45) is 0 Å². The highest BCUT2D eigenvalue weighted by molar-refractivity contribution is 7.09. The van der Waals surface area contributed by atoms with E-state index in [0.717, 1.165) is 4.88 Å². The standard InChI is InChI=1S/C8H8N4OS/c13-8(6-1-11-12-2-6)10-4-7-3-9-5-14-7/h1-3,5H,4H2,(H,10,13)(H,11,12). The Bertz CT molecular complexity index is 395. The smallest absolute Gasteiger partial charge is 0.254 e. The van der Waals surface area contributed by atoms with E-state index in [1.165, 1.54) is 17.5 Å². The summed E-state index contributed by atoms with van der Waals surface area (Å²) >= 11 is 1.51. The predicted octanol–water partition coefficient (Wildman–Crippen LogP) is 0.796. The van der Waals surface area contributed by atoms with Gasteiger partial charge in [0.15, 0.2) is 0 Å². The second kappa shape index (κ2) is 4.01. The highest BCUT2D eigenvalue weighted by Gasteiger charge is 2.05. The van der Waals surface area contributed by atoms with Crippen LogP contribution in [0.3, 0.4) is 0 Å². The zero-order chi connectivity index (χ0) is 9.80. The van der Waals surface area contributed by atoms with Gasteiger partial charge in [-0.15, -0.1) is 11.3 Å². The number of thiazole rings is 1. The molecule has 14 heavy (non-hydrogen) atoms. The van der Waals surface area contributed by atoms with Gasteiger partial charge < -0.3 is 5.32 Å². The fraction of sp³-hybridized carbons (Fsp3) is 0.125. The molecule has 2 heterocycles. The van der Waals surface area contributed by atoms with Gasteiger partial charge in [0.05, 0.1) is 23.8 Å². The number of aromatic nitrogens is 3. The van der Waals surface area contributed by atoms with Gasteiger partial charge in [-0.05, 0) is 0 Å². The van der Waals surface area contributed by atoms with Crippen LogP contribution in [0.1, 0.15) is 15.2 Å². The molecule has 2 aromatic rings. The van der Waals surface area contributed by atoms with Crippen molar-refractivity contribution in [3.05, 3.63) is 34.5 Å². The number of H-pyrrole nitrogens is 1. The molecule has 0 spiro atoms. The summed E-state index contributed by atoms with van der Waals surface area (Å²) in [5.41, 5.74) is 2.27. The molecule has 5 nitrogen and oxygen atoms in total. The van der Waals surface area contributed by atoms with Crippen molar-refractivity contribution in [3.8, 4) is 0 Å². The van der Waals surface area contributed by atoms with Crippen molar-refractivity contribution in [3.63, 3.8) is 0 Å². The largest absolute Gasteiger partial charge is 0.347 e. The highest BCUT2D eigenvalue weighted by atomic mass is 32.1. The Labute approximate surface area is 84.2 Å². The molecule has 1 amide bonds. The Hall–Kier alpha value is -1.69. The molecular weight excluding hydrogens is 200 g/mol. The molecule has 0 radical (unpaired) electrons. The lowest BCUT2D eigenvalue weighted by molar-refractivity contribution is 0.0951. The number of carbonyl (C=O) groups is 1. The number of carbonyl (C=O) groups excluding carboxylic acids is 1. The average molecular weight is 208 g/mol. The minimum atomic E-state index is -0.132. The molecule has 0 saturated carbocycles. The molecular formula is C8H8N4OS. The normalized spacial score (nSPS) is 10.0. The maximum absolute atomic E-state index is 11.4. The Balaban J connectivity index is 1.90. The summed E-state index contributed by atoms with van der Waals surface area (Å²) in [6.07, 6.45) is 4.78. The van der Waals surface area contributed by atoms with E-state index in [1.807, 2.05) is 0 Å². The summed E-state index contributed by atoms with van der Waals surface area (Å²) < 4.78 is 0. The molecule has 2 rings (SSSR count). The lowest BCUT2D eigenvalue weighted by atomic mass is 10.3. The lowest BCUT2D eigenvalue weighted by Gasteiger charge is -1.99. The van der Waals surface area contributed by atoms with Gasteiger partial charge >= 0.3 is 0 Å². The molecule has 0 aliphatic carbocycles. The first kappa shape index (κ1) is 8.89. The molecule has 0 fully saturated rings. The van der Waals surface area contributed by atoms with Gasteiger partial charge in [0.1, 0.15) is 0 Å². The fourth-order valence-corrected chi connectivity index (χ4v) is 1.51. The Morgan fingerprint density at radius 3 is 3.14 bits per heavy atom. The van der Waals surface area contributed by atoms with Crippen molar-refractivity contribution in [2.75, 3.05) is 0 Å². The van der Waals surface area contributed by atoms with Crippen LogP contribution in [-0.4, -0.2) is 21.1 Å². The average Bonchev–Trinajstić information content (AvgIpc) is 2.87. The number of amides is 1. The minimum absolute atomic E-state index is 0.132. The summed E-state index contributed by atoms with van der Waals surface area (Å²) in [6, 6.07) is 0. The first-order chi connectivity index (χ1) is 6.86. The summed E-state index contributed by atoms with van der Waals surface area (Å²) in [4.78, 5) is 16.4. The quantitative estimate of drug-likeness (QED) is 0.783. The number of aromatic amines is 1. The van der Waals surface area contributed by atoms with Gasteiger partial charge in [-0.25, -0.2) is 0 Å². The molecule has 0 aromatic carbocycles. The van der Waals surface area contributed by atoms with E-state index >= 15 is 0 Å². The second-order valence-corrected chi connectivity index (χ2v) is 3.61. The van der Waals surface area contributed by atoms with E-state index in [-0.39, 0.29) is 5.91 Å². The monoisotopic (exact) mass is 208 g/mol. The van der Waals surface area contributed by atoms with Crippen molar-refractivity contribution in [1.29, 1.82) is 0 Å². The van der Waals surface area contributed by atoms with Crippen molar-refractivity contribution in [2.45, 2.75) is 6.54 Å². The molecule has 0 saturated heterocycles. The van der Waals surface area contributed by atoms with Crippen LogP contribution >= 0.6 is 11.3 Å². The fourth-order valence-electron chi connectivity index (χ4n) is 0.974. The number of nitrogens with one attached hydrogen (secondary N) is 2. The molecule has 0 unspecified atom stereocenters. The first-order valence-electron chi connectivity index (χ1n) is 4.00. The molecule has 2 aromatic heterocycles. The van der Waals surface area contributed by atoms with E-state index in [1.54, 1.807) is 17.9 Å². The van der Waals surface area contributed by atoms with E-state index in [4.69, 9.17) is 0 Å². The van der Waals surface area contributed by atoms with E-state index in [9.17, 15) is 4.79 Å². The zero-order valence-corrected chi connectivity index (χ0v) is 8.04. The number of nitrogens with zero attached hydrogens (tertiary/aromatic N) is 2. The van der Waals surface area contributed by atoms with Crippen LogP contribution in [0.2, 0.25) is 0 Å². The molecule has 0 atom stereocenters. The van der Waals surface area contributed by atoms with Gasteiger partial charge in [-0.1, -0.05) is 0 Å². The number of hydrogen-bond donors (Lipinski definition) is 2. The minimum Gasteiger partial charge on any atom is -0.347 e. The zero-order valence-electron chi connectivity index (χ0n) is 7.23. The van der Waals surface area contributed by atoms with Gasteiger partial charge in [-0.2, -0.15) is 5.10 Å². The van der Waals surface area contributed by atoms with Crippen molar-refractivity contribution >= 4 is 17.2 Å². The first-order valence-corrected chi connectivity index (χ1v) is 4.88. The van der Waals surface area contributed by atoms with E-state index in [0.29, 0.717) is 12.1 Å². The summed E-state index contributed by atoms with van der Waals surface area (Å²) in [5.74, 6) is -0.132. The lowest BCUT2D eigenvalue weighted by Crippen LogP contribution is -2.21. The molecule has 0 aliphatic heterocycles. The van der Waals surface area contributed by atoms with Gasteiger partial charge in [0, 0.05) is 17.3 Å². The van der Waals surface area contributed by atoms with Crippen LogP contribution in [-0.2, 0) is 6.54 Å². The highest BCUT2D eigenvalue weighted by Crippen LogP contribution is 2.04. The molecule has 0 bridgehead atoms. The van der Waals surface area contributed by atoms with Crippen LogP contribution in [0, 0.1) is 0 Å². The summed E-state index contributed by atoms with van der Waals surface area (Å²) in [7, 11) is 0. The van der Waals surface area contributed by atoms with E-state index < -0.39 is 0 Å². The summed E-state index contributed by atoms with van der Waals surface area (Å²) in [5, 5.41) is 9.03. The molecule has 72 valence electrons. The third-order valence-electron chi connectivity index (χ3n) is 1.67. The van der Waals surface area contributed by atoms with Gasteiger partial charge in [-0.3, -0.25) is 14.9 Å². The number of hydrogen-bond acceptors (Lipinski definition) is 4. The molecule has 6 heteroatoms. The van der Waals surface area contributed by atoms with Crippen LogP contribution in [0.25, 0.3) is 0 Å². The van der Waals surface area contributed by atoms with Gasteiger partial charge in [0.2, 0.25) is 0 Å². The third kappa shape index (κ3) is 1.97. The Morgan fingerprint density at radius 1 is 1.57 bits per heavy atom. The SMILES string of the molecule is O=C(NCc1cncs1)c1cn[nH]c1. The van der Waals surface area contributed by atoms with Crippen LogP contribution in [0.4, 0.5) is 0 Å². The number of rotatable bonds is 3. The third-order valence-corrected chi connectivity index (χ3v) is 2.45.